The fraction of sp³-hybridized carbons (Fsp3) is 0.677. The van der Waals surface area contributed by atoms with Crippen LogP contribution in [0.1, 0.15) is 51.5 Å². The predicted octanol–water partition coefficient (Wildman–Crippen LogP) is 3.02. The third-order valence-electron chi connectivity index (χ3n) is 8.50. The van der Waals surface area contributed by atoms with E-state index < -0.39 is 35.3 Å². The molecule has 3 aliphatic rings. The van der Waals surface area contributed by atoms with E-state index in [1.54, 1.807) is 45.2 Å². The molecule has 232 valence electrons. The Morgan fingerprint density at radius 1 is 1.10 bits per heavy atom. The molecule has 0 radical (unpaired) electrons. The summed E-state index contributed by atoms with van der Waals surface area (Å²) in [5, 5.41) is 2.83. The molecular formula is C31H42F2N2O7. The Morgan fingerprint density at radius 2 is 1.74 bits per heavy atom. The van der Waals surface area contributed by atoms with Crippen LogP contribution in [0, 0.1) is 17.8 Å². The number of ketones is 3. The zero-order chi connectivity index (χ0) is 30.5. The quantitative estimate of drug-likeness (QED) is 0.292. The summed E-state index contributed by atoms with van der Waals surface area (Å²) in [6.45, 7) is 6.22. The van der Waals surface area contributed by atoms with Gasteiger partial charge in [-0.3, -0.25) is 24.1 Å². The summed E-state index contributed by atoms with van der Waals surface area (Å²) >= 11 is 0. The number of methoxy groups -OCH3 is 1. The van der Waals surface area contributed by atoms with E-state index in [1.807, 2.05) is 4.90 Å². The van der Waals surface area contributed by atoms with Gasteiger partial charge in [0, 0.05) is 50.6 Å². The maximum absolute atomic E-state index is 13.7. The molecule has 4 atom stereocenters. The molecule has 2 aliphatic heterocycles. The van der Waals surface area contributed by atoms with Crippen molar-refractivity contribution in [1.82, 2.24) is 10.2 Å². The topological polar surface area (TPSA) is 115 Å². The molecule has 1 amide bonds. The van der Waals surface area contributed by atoms with Gasteiger partial charge < -0.3 is 19.5 Å². The Kier molecular flexibility index (Phi) is 10.5. The van der Waals surface area contributed by atoms with Crippen LogP contribution in [-0.4, -0.2) is 92.3 Å². The number of carbonyl (C=O) groups excluding carboxylic acids is 4. The van der Waals surface area contributed by atoms with Crippen LogP contribution in [0.3, 0.4) is 0 Å². The normalized spacial score (nSPS) is 24.1. The molecule has 2 heterocycles. The molecule has 4 unspecified atom stereocenters. The SMILES string of the molecule is COc1ccc(CC(NC(=O)C(C)CC(=O)CN2CCOCC2)C(=O)CC(CC2CC(F)(F)C2)C(=O)C2(C)CO2)cc1. The second-order valence-corrected chi connectivity index (χ2v) is 12.3. The number of epoxide rings is 1. The number of morpholine rings is 1. The third-order valence-corrected chi connectivity index (χ3v) is 8.50. The van der Waals surface area contributed by atoms with Crippen LogP contribution in [0.15, 0.2) is 24.3 Å². The molecule has 9 nitrogen and oxygen atoms in total. The van der Waals surface area contributed by atoms with Crippen molar-refractivity contribution in [2.24, 2.45) is 17.8 Å². The van der Waals surface area contributed by atoms with Crippen LogP contribution in [0.5, 0.6) is 5.75 Å². The van der Waals surface area contributed by atoms with Gasteiger partial charge in [-0.05, 0) is 43.4 Å². The molecule has 2 saturated heterocycles. The Bertz CT molecular complexity index is 1120. The summed E-state index contributed by atoms with van der Waals surface area (Å²) in [7, 11) is 1.54. The molecule has 1 aliphatic carbocycles. The highest BCUT2D eigenvalue weighted by molar-refractivity contribution is 5.97. The summed E-state index contributed by atoms with van der Waals surface area (Å²) in [5.74, 6) is -5.03. The van der Waals surface area contributed by atoms with E-state index in [0.29, 0.717) is 32.1 Å². The van der Waals surface area contributed by atoms with Gasteiger partial charge in [0.1, 0.15) is 17.1 Å². The number of Topliss-reactive ketones (excluding diaryl/α,β-unsaturated/α-hetero) is 3. The Hall–Kier alpha value is -2.76. The highest BCUT2D eigenvalue weighted by atomic mass is 19.3. The Morgan fingerprint density at radius 3 is 2.31 bits per heavy atom. The van der Waals surface area contributed by atoms with Gasteiger partial charge in [-0.15, -0.1) is 0 Å². The first kappa shape index (κ1) is 32.2. The molecule has 1 N–H and O–H groups in total. The fourth-order valence-corrected chi connectivity index (χ4v) is 5.77. The summed E-state index contributed by atoms with van der Waals surface area (Å²) in [4.78, 5) is 54.9. The van der Waals surface area contributed by atoms with Crippen molar-refractivity contribution >= 4 is 23.3 Å². The molecular weight excluding hydrogens is 550 g/mol. The third kappa shape index (κ3) is 8.87. The number of ether oxygens (including phenoxy) is 3. The molecule has 0 bridgehead atoms. The second kappa shape index (κ2) is 13.7. The van der Waals surface area contributed by atoms with Gasteiger partial charge in [0.2, 0.25) is 11.8 Å². The summed E-state index contributed by atoms with van der Waals surface area (Å²) in [6.07, 6.45) is -0.423. The lowest BCUT2D eigenvalue weighted by Gasteiger charge is -2.37. The minimum atomic E-state index is -2.73. The number of nitrogens with zero attached hydrogens (tertiary/aromatic N) is 1. The minimum Gasteiger partial charge on any atom is -0.497 e. The molecule has 3 fully saturated rings. The van der Waals surface area contributed by atoms with Gasteiger partial charge in [0.05, 0.1) is 39.5 Å². The van der Waals surface area contributed by atoms with Crippen molar-refractivity contribution in [2.75, 3.05) is 46.6 Å². The predicted molar refractivity (Wildman–Crippen MR) is 149 cm³/mol. The average Bonchev–Trinajstić information content (AvgIpc) is 3.69. The molecule has 4 rings (SSSR count). The lowest BCUT2D eigenvalue weighted by Crippen LogP contribution is -2.47. The minimum absolute atomic E-state index is 0.0271. The van der Waals surface area contributed by atoms with E-state index in [0.717, 1.165) is 5.56 Å². The number of rotatable bonds is 16. The summed E-state index contributed by atoms with van der Waals surface area (Å²) < 4.78 is 43.0. The van der Waals surface area contributed by atoms with E-state index >= 15 is 0 Å². The first-order valence-corrected chi connectivity index (χ1v) is 14.7. The zero-order valence-electron chi connectivity index (χ0n) is 24.7. The van der Waals surface area contributed by atoms with Crippen LogP contribution in [-0.2, 0) is 35.1 Å². The van der Waals surface area contributed by atoms with Crippen LogP contribution in [0.2, 0.25) is 0 Å². The summed E-state index contributed by atoms with van der Waals surface area (Å²) in [6, 6.07) is 6.12. The van der Waals surface area contributed by atoms with Crippen molar-refractivity contribution in [3.05, 3.63) is 29.8 Å². The average molecular weight is 593 g/mol. The number of nitrogens with one attached hydrogen (secondary N) is 1. The summed E-state index contributed by atoms with van der Waals surface area (Å²) in [5.41, 5.74) is -0.231. The molecule has 1 aromatic rings. The highest BCUT2D eigenvalue weighted by Crippen LogP contribution is 2.46. The first-order chi connectivity index (χ1) is 19.9. The first-order valence-electron chi connectivity index (χ1n) is 14.7. The Balaban J connectivity index is 1.43. The van der Waals surface area contributed by atoms with Crippen LogP contribution < -0.4 is 10.1 Å². The molecule has 11 heteroatoms. The van der Waals surface area contributed by atoms with E-state index in [1.165, 1.54) is 0 Å². The second-order valence-electron chi connectivity index (χ2n) is 12.3. The lowest BCUT2D eigenvalue weighted by molar-refractivity contribution is -0.139. The molecule has 0 spiro atoms. The highest BCUT2D eigenvalue weighted by Gasteiger charge is 2.52. The van der Waals surface area contributed by atoms with E-state index in [-0.39, 0.29) is 74.9 Å². The van der Waals surface area contributed by atoms with Gasteiger partial charge in [-0.25, -0.2) is 8.78 Å². The zero-order valence-corrected chi connectivity index (χ0v) is 24.7. The maximum atomic E-state index is 13.7. The van der Waals surface area contributed by atoms with Crippen LogP contribution in [0.4, 0.5) is 8.78 Å². The Labute approximate surface area is 245 Å². The van der Waals surface area contributed by atoms with Gasteiger partial charge >= 0.3 is 0 Å². The smallest absolute Gasteiger partial charge is 0.248 e. The maximum Gasteiger partial charge on any atom is 0.248 e. The number of benzene rings is 1. The number of alkyl halides is 2. The monoisotopic (exact) mass is 592 g/mol. The standard InChI is InChI=1S/C31H42F2N2O7/c1-20(12-24(36)18-35-8-10-41-11-9-35)29(39)34-26(14-21-4-6-25(40-3)7-5-21)27(37)15-23(28(38)30(2)19-42-30)13-22-16-31(32,33)17-22/h4-7,20,22-23,26H,8-19H2,1-3H3,(H,34,39). The van der Waals surface area contributed by atoms with Crippen LogP contribution >= 0.6 is 0 Å². The number of hydrogen-bond acceptors (Lipinski definition) is 8. The van der Waals surface area contributed by atoms with Crippen molar-refractivity contribution < 1.29 is 42.2 Å². The number of carbonyl (C=O) groups is 4. The van der Waals surface area contributed by atoms with Gasteiger partial charge in [0.15, 0.2) is 11.6 Å². The van der Waals surface area contributed by atoms with Crippen molar-refractivity contribution in [1.29, 1.82) is 0 Å². The van der Waals surface area contributed by atoms with Crippen molar-refractivity contribution in [2.45, 2.75) is 69.9 Å². The van der Waals surface area contributed by atoms with Crippen molar-refractivity contribution in [3.63, 3.8) is 0 Å². The molecule has 1 saturated carbocycles. The molecule has 0 aromatic heterocycles. The number of amides is 1. The fourth-order valence-electron chi connectivity index (χ4n) is 5.77. The van der Waals surface area contributed by atoms with Crippen molar-refractivity contribution in [3.8, 4) is 5.75 Å². The lowest BCUT2D eigenvalue weighted by atomic mass is 9.72. The number of hydrogen-bond donors (Lipinski definition) is 1. The van der Waals surface area contributed by atoms with E-state index in [2.05, 4.69) is 5.32 Å². The van der Waals surface area contributed by atoms with Gasteiger partial charge in [0.25, 0.3) is 0 Å². The molecule has 42 heavy (non-hydrogen) atoms. The van der Waals surface area contributed by atoms with Gasteiger partial charge in [-0.1, -0.05) is 19.1 Å². The van der Waals surface area contributed by atoms with E-state index in [4.69, 9.17) is 14.2 Å². The van der Waals surface area contributed by atoms with Gasteiger partial charge in [-0.2, -0.15) is 0 Å². The number of halogens is 2. The largest absolute Gasteiger partial charge is 0.497 e. The van der Waals surface area contributed by atoms with Crippen LogP contribution in [0.25, 0.3) is 0 Å². The van der Waals surface area contributed by atoms with E-state index in [9.17, 15) is 28.0 Å². The molecule has 1 aromatic carbocycles.